The summed E-state index contributed by atoms with van der Waals surface area (Å²) in [6.07, 6.45) is 0. The van der Waals surface area contributed by atoms with Gasteiger partial charge in [0.1, 0.15) is 0 Å². The molecule has 1 aromatic rings. The molecule has 0 spiro atoms. The summed E-state index contributed by atoms with van der Waals surface area (Å²) in [5.41, 5.74) is 4.94. The molecule has 0 fully saturated rings. The number of carbonyl (C=O) groups excluding carboxylic acids is 1. The average Bonchev–Trinajstić information content (AvgIpc) is 2.32. The number of rotatable bonds is 1. The van der Waals surface area contributed by atoms with Crippen LogP contribution in [-0.4, -0.2) is 16.0 Å². The second-order valence-electron chi connectivity index (χ2n) is 3.52. The molecule has 0 amide bonds. The molecular formula is C7H11N3OS. The first-order chi connectivity index (χ1) is 5.41. The third kappa shape index (κ3) is 1.79. The summed E-state index contributed by atoms with van der Waals surface area (Å²) in [5, 5.41) is 7.98. The molecule has 12 heavy (non-hydrogen) atoms. The highest BCUT2D eigenvalue weighted by Gasteiger charge is 2.25. The van der Waals surface area contributed by atoms with E-state index in [9.17, 15) is 4.79 Å². The maximum atomic E-state index is 11.5. The van der Waals surface area contributed by atoms with Crippen molar-refractivity contribution in [1.29, 1.82) is 0 Å². The highest BCUT2D eigenvalue weighted by atomic mass is 32.1. The average molecular weight is 185 g/mol. The number of hydrogen-bond donors (Lipinski definition) is 1. The number of nitrogen functional groups attached to an aromatic ring is 1. The van der Waals surface area contributed by atoms with Gasteiger partial charge in [-0.1, -0.05) is 32.1 Å². The van der Waals surface area contributed by atoms with Crippen LogP contribution in [-0.2, 0) is 0 Å². The van der Waals surface area contributed by atoms with Crippen molar-refractivity contribution in [2.24, 2.45) is 5.41 Å². The molecule has 2 N–H and O–H groups in total. The zero-order chi connectivity index (χ0) is 9.35. The van der Waals surface area contributed by atoms with Gasteiger partial charge >= 0.3 is 0 Å². The van der Waals surface area contributed by atoms with Crippen molar-refractivity contribution in [1.82, 2.24) is 10.2 Å². The molecule has 1 rings (SSSR count). The fourth-order valence-electron chi connectivity index (χ4n) is 0.647. The minimum absolute atomic E-state index is 0.0169. The van der Waals surface area contributed by atoms with Crippen LogP contribution in [0.15, 0.2) is 0 Å². The Morgan fingerprint density at radius 3 is 2.33 bits per heavy atom. The summed E-state index contributed by atoms with van der Waals surface area (Å²) in [7, 11) is 0. The number of carbonyl (C=O) groups is 1. The van der Waals surface area contributed by atoms with Crippen molar-refractivity contribution < 1.29 is 4.79 Å². The standard InChI is InChI=1S/C7H11N3OS/c1-7(2,3)4(11)5-9-10-6(8)12-5/h1-3H3,(H2,8,10). The molecule has 1 aromatic heterocycles. The maximum absolute atomic E-state index is 11.5. The minimum atomic E-state index is -0.411. The Balaban J connectivity index is 2.93. The monoisotopic (exact) mass is 185 g/mol. The molecular weight excluding hydrogens is 174 g/mol. The zero-order valence-corrected chi connectivity index (χ0v) is 8.10. The molecule has 5 heteroatoms. The lowest BCUT2D eigenvalue weighted by Crippen LogP contribution is -2.19. The lowest BCUT2D eigenvalue weighted by molar-refractivity contribution is 0.0857. The molecule has 0 aliphatic rings. The van der Waals surface area contributed by atoms with Crippen LogP contribution in [0.25, 0.3) is 0 Å². The Hall–Kier alpha value is -0.970. The number of hydrogen-bond acceptors (Lipinski definition) is 5. The van der Waals surface area contributed by atoms with E-state index < -0.39 is 5.41 Å². The predicted octanol–water partition coefficient (Wildman–Crippen LogP) is 1.35. The van der Waals surface area contributed by atoms with Crippen molar-refractivity contribution in [2.75, 3.05) is 5.73 Å². The van der Waals surface area contributed by atoms with E-state index in [1.54, 1.807) is 0 Å². The van der Waals surface area contributed by atoms with Crippen LogP contribution in [0.2, 0.25) is 0 Å². The lowest BCUT2D eigenvalue weighted by atomic mass is 9.91. The summed E-state index contributed by atoms with van der Waals surface area (Å²) >= 11 is 1.13. The zero-order valence-electron chi connectivity index (χ0n) is 7.29. The SMILES string of the molecule is CC(C)(C)C(=O)c1nnc(N)s1. The Kier molecular flexibility index (Phi) is 2.14. The number of nitrogens with zero attached hydrogens (tertiary/aromatic N) is 2. The van der Waals surface area contributed by atoms with Crippen LogP contribution in [0, 0.1) is 5.41 Å². The highest BCUT2D eigenvalue weighted by molar-refractivity contribution is 7.16. The third-order valence-corrected chi connectivity index (χ3v) is 2.07. The fourth-order valence-corrected chi connectivity index (χ4v) is 1.41. The molecule has 0 aliphatic heterocycles. The Morgan fingerprint density at radius 1 is 1.42 bits per heavy atom. The Morgan fingerprint density at radius 2 is 2.00 bits per heavy atom. The van der Waals surface area contributed by atoms with E-state index in [4.69, 9.17) is 5.73 Å². The van der Waals surface area contributed by atoms with E-state index >= 15 is 0 Å². The van der Waals surface area contributed by atoms with Gasteiger partial charge in [0.2, 0.25) is 5.13 Å². The van der Waals surface area contributed by atoms with Crippen molar-refractivity contribution >= 4 is 22.3 Å². The van der Waals surface area contributed by atoms with Crippen molar-refractivity contribution in [3.05, 3.63) is 5.01 Å². The Bertz CT molecular complexity index is 300. The second-order valence-corrected chi connectivity index (χ2v) is 4.53. The molecule has 0 aromatic carbocycles. The summed E-state index contributed by atoms with van der Waals surface area (Å²) in [4.78, 5) is 11.5. The van der Waals surface area contributed by atoms with Crippen LogP contribution in [0.5, 0.6) is 0 Å². The van der Waals surface area contributed by atoms with Crippen LogP contribution < -0.4 is 5.73 Å². The number of anilines is 1. The molecule has 0 atom stereocenters. The lowest BCUT2D eigenvalue weighted by Gasteiger charge is -2.13. The van der Waals surface area contributed by atoms with E-state index in [1.165, 1.54) is 0 Å². The summed E-state index contributed by atoms with van der Waals surface area (Å²) in [6, 6.07) is 0. The molecule has 1 heterocycles. The first-order valence-corrected chi connectivity index (χ1v) is 4.36. The molecule has 4 nitrogen and oxygen atoms in total. The topological polar surface area (TPSA) is 68.9 Å². The summed E-state index contributed by atoms with van der Waals surface area (Å²) < 4.78 is 0. The van der Waals surface area contributed by atoms with Gasteiger partial charge in [0.15, 0.2) is 10.8 Å². The Labute approximate surface area is 74.8 Å². The van der Waals surface area contributed by atoms with Gasteiger partial charge in [-0.15, -0.1) is 10.2 Å². The normalized spacial score (nSPS) is 11.6. The van der Waals surface area contributed by atoms with Crippen molar-refractivity contribution in [2.45, 2.75) is 20.8 Å². The molecule has 0 saturated carbocycles. The molecule has 0 bridgehead atoms. The predicted molar refractivity (Wildman–Crippen MR) is 48.1 cm³/mol. The number of ketones is 1. The van der Waals surface area contributed by atoms with Gasteiger partial charge in [-0.05, 0) is 0 Å². The minimum Gasteiger partial charge on any atom is -0.374 e. The van der Waals surface area contributed by atoms with Gasteiger partial charge in [0.25, 0.3) is 0 Å². The van der Waals surface area contributed by atoms with Crippen LogP contribution >= 0.6 is 11.3 Å². The molecule has 0 radical (unpaired) electrons. The van der Waals surface area contributed by atoms with Crippen molar-refractivity contribution in [3.8, 4) is 0 Å². The third-order valence-electron chi connectivity index (χ3n) is 1.32. The van der Waals surface area contributed by atoms with E-state index in [0.29, 0.717) is 10.1 Å². The quantitative estimate of drug-likeness (QED) is 0.670. The van der Waals surface area contributed by atoms with Gasteiger partial charge in [0.05, 0.1) is 0 Å². The number of Topliss-reactive ketones (excluding diaryl/α,β-unsaturated/α-hetero) is 1. The molecule has 66 valence electrons. The van der Waals surface area contributed by atoms with Crippen LogP contribution in [0.1, 0.15) is 30.6 Å². The second kappa shape index (κ2) is 2.82. The van der Waals surface area contributed by atoms with Gasteiger partial charge in [0, 0.05) is 5.41 Å². The summed E-state index contributed by atoms with van der Waals surface area (Å²) in [6.45, 7) is 5.52. The van der Waals surface area contributed by atoms with Crippen LogP contribution in [0.4, 0.5) is 5.13 Å². The van der Waals surface area contributed by atoms with Crippen molar-refractivity contribution in [3.63, 3.8) is 0 Å². The van der Waals surface area contributed by atoms with Gasteiger partial charge in [-0.25, -0.2) is 0 Å². The van der Waals surface area contributed by atoms with Gasteiger partial charge < -0.3 is 5.73 Å². The van der Waals surface area contributed by atoms with Gasteiger partial charge in [-0.3, -0.25) is 4.79 Å². The summed E-state index contributed by atoms with van der Waals surface area (Å²) in [5.74, 6) is -0.0169. The maximum Gasteiger partial charge on any atom is 0.203 e. The molecule has 0 unspecified atom stereocenters. The first-order valence-electron chi connectivity index (χ1n) is 3.55. The molecule has 0 saturated heterocycles. The van der Waals surface area contributed by atoms with Gasteiger partial charge in [-0.2, -0.15) is 0 Å². The largest absolute Gasteiger partial charge is 0.374 e. The van der Waals surface area contributed by atoms with E-state index in [2.05, 4.69) is 10.2 Å². The van der Waals surface area contributed by atoms with E-state index in [0.717, 1.165) is 11.3 Å². The first kappa shape index (κ1) is 9.12. The number of aromatic nitrogens is 2. The molecule has 0 aliphatic carbocycles. The van der Waals surface area contributed by atoms with E-state index in [-0.39, 0.29) is 5.78 Å². The highest BCUT2D eigenvalue weighted by Crippen LogP contribution is 2.23. The fraction of sp³-hybridized carbons (Fsp3) is 0.571. The smallest absolute Gasteiger partial charge is 0.203 e. The number of nitrogens with two attached hydrogens (primary N) is 1. The van der Waals surface area contributed by atoms with Crippen LogP contribution in [0.3, 0.4) is 0 Å². The van der Waals surface area contributed by atoms with E-state index in [1.807, 2.05) is 20.8 Å².